The van der Waals surface area contributed by atoms with E-state index in [1.54, 1.807) is 4.57 Å². The van der Waals surface area contributed by atoms with Crippen molar-refractivity contribution in [3.05, 3.63) is 61.4 Å². The Balaban J connectivity index is 2.09. The van der Waals surface area contributed by atoms with Gasteiger partial charge >= 0.3 is 0 Å². The Labute approximate surface area is 126 Å². The molecule has 0 aliphatic carbocycles. The fourth-order valence-corrected chi connectivity index (χ4v) is 3.21. The van der Waals surface area contributed by atoms with Gasteiger partial charge in [-0.05, 0) is 45.1 Å². The Morgan fingerprint density at radius 2 is 2.00 bits per heavy atom. The molecule has 3 rings (SSSR count). The number of aromatic nitrogens is 2. The first kappa shape index (κ1) is 12.8. The third kappa shape index (κ3) is 2.45. The van der Waals surface area contributed by atoms with Crippen LogP contribution in [0.3, 0.4) is 0 Å². The lowest BCUT2D eigenvalue weighted by Crippen LogP contribution is -2.22. The van der Waals surface area contributed by atoms with Crippen LogP contribution in [0.2, 0.25) is 5.02 Å². The molecule has 96 valence electrons. The van der Waals surface area contributed by atoms with Crippen molar-refractivity contribution in [2.45, 2.75) is 6.54 Å². The normalized spacial score (nSPS) is 11.1. The zero-order valence-electron chi connectivity index (χ0n) is 9.64. The Morgan fingerprint density at radius 1 is 1.26 bits per heavy atom. The maximum atomic E-state index is 12.4. The minimum atomic E-state index is -0.0261. The monoisotopic (exact) mass is 354 g/mol. The lowest BCUT2D eigenvalue weighted by Gasteiger charge is -2.08. The second-order valence-corrected chi connectivity index (χ2v) is 6.10. The van der Waals surface area contributed by atoms with E-state index in [0.29, 0.717) is 21.0 Å². The van der Waals surface area contributed by atoms with Crippen LogP contribution in [0.4, 0.5) is 0 Å². The summed E-state index contributed by atoms with van der Waals surface area (Å²) in [4.78, 5) is 16.7. The van der Waals surface area contributed by atoms with Gasteiger partial charge in [0.15, 0.2) is 4.73 Å². The predicted octanol–water partition coefficient (Wildman–Crippen LogP) is 3.92. The van der Waals surface area contributed by atoms with E-state index >= 15 is 0 Å². The van der Waals surface area contributed by atoms with Crippen LogP contribution in [-0.4, -0.2) is 9.55 Å². The average molecular weight is 356 g/mol. The number of rotatable bonds is 2. The van der Waals surface area contributed by atoms with Crippen molar-refractivity contribution in [2.24, 2.45) is 0 Å². The van der Waals surface area contributed by atoms with Gasteiger partial charge in [0.2, 0.25) is 0 Å². The topological polar surface area (TPSA) is 34.9 Å². The van der Waals surface area contributed by atoms with E-state index in [2.05, 4.69) is 20.9 Å². The molecular weight excluding hydrogens is 348 g/mol. The summed E-state index contributed by atoms with van der Waals surface area (Å²) < 4.78 is 2.83. The average Bonchev–Trinajstić information content (AvgIpc) is 2.85. The molecule has 3 aromatic rings. The summed E-state index contributed by atoms with van der Waals surface area (Å²) in [5, 5.41) is 2.56. The zero-order valence-corrected chi connectivity index (χ0v) is 12.8. The number of hydrogen-bond donors (Lipinski definition) is 0. The Bertz CT molecular complexity index is 795. The molecule has 0 unspecified atom stereocenters. The van der Waals surface area contributed by atoms with Crippen molar-refractivity contribution in [1.29, 1.82) is 0 Å². The van der Waals surface area contributed by atoms with Crippen molar-refractivity contribution in [2.75, 3.05) is 0 Å². The van der Waals surface area contributed by atoms with Crippen LogP contribution < -0.4 is 5.56 Å². The molecule has 0 atom stereocenters. The van der Waals surface area contributed by atoms with Crippen molar-refractivity contribution >= 4 is 49.1 Å². The van der Waals surface area contributed by atoms with Gasteiger partial charge in [0.1, 0.15) is 4.70 Å². The van der Waals surface area contributed by atoms with E-state index in [1.807, 2.05) is 35.7 Å². The number of nitrogens with zero attached hydrogens (tertiary/aromatic N) is 2. The molecule has 0 spiro atoms. The number of fused-ring (bicyclic) bond motifs is 1. The van der Waals surface area contributed by atoms with Crippen molar-refractivity contribution in [3.63, 3.8) is 0 Å². The van der Waals surface area contributed by atoms with E-state index in [9.17, 15) is 4.79 Å². The van der Waals surface area contributed by atoms with Crippen molar-refractivity contribution in [1.82, 2.24) is 9.55 Å². The number of thiophene rings is 1. The SMILES string of the molecule is O=c1c2sccc2nc(Br)n1Cc1ccc(Cl)cc1. The standard InChI is InChI=1S/C13H8BrClN2OS/c14-13-16-10-5-6-19-11(10)12(18)17(13)7-8-1-3-9(15)4-2-8/h1-6H,7H2. The van der Waals surface area contributed by atoms with Crippen LogP contribution in [0.25, 0.3) is 10.2 Å². The summed E-state index contributed by atoms with van der Waals surface area (Å²) in [6.07, 6.45) is 0. The zero-order chi connectivity index (χ0) is 13.4. The summed E-state index contributed by atoms with van der Waals surface area (Å²) in [6.45, 7) is 0.470. The molecule has 3 nitrogen and oxygen atoms in total. The third-order valence-electron chi connectivity index (χ3n) is 2.77. The first-order valence-electron chi connectivity index (χ1n) is 5.53. The van der Waals surface area contributed by atoms with Gasteiger partial charge in [-0.25, -0.2) is 4.98 Å². The minimum absolute atomic E-state index is 0.0261. The molecular formula is C13H8BrClN2OS. The van der Waals surface area contributed by atoms with E-state index in [0.717, 1.165) is 11.1 Å². The molecule has 0 aliphatic heterocycles. The molecule has 2 heterocycles. The van der Waals surface area contributed by atoms with Gasteiger partial charge in [0.25, 0.3) is 5.56 Å². The molecule has 1 aromatic carbocycles. The summed E-state index contributed by atoms with van der Waals surface area (Å²) in [5.41, 5.74) is 1.71. The molecule has 0 saturated carbocycles. The molecule has 0 bridgehead atoms. The first-order chi connectivity index (χ1) is 9.15. The number of halogens is 2. The van der Waals surface area contributed by atoms with E-state index in [1.165, 1.54) is 11.3 Å². The summed E-state index contributed by atoms with van der Waals surface area (Å²) in [5.74, 6) is 0. The van der Waals surface area contributed by atoms with Gasteiger partial charge in [0.05, 0.1) is 12.1 Å². The van der Waals surface area contributed by atoms with E-state index in [-0.39, 0.29) is 5.56 Å². The first-order valence-corrected chi connectivity index (χ1v) is 7.58. The Hall–Kier alpha value is -1.17. The maximum Gasteiger partial charge on any atom is 0.272 e. The van der Waals surface area contributed by atoms with Gasteiger partial charge in [-0.15, -0.1) is 11.3 Å². The van der Waals surface area contributed by atoms with Crippen LogP contribution in [-0.2, 0) is 6.54 Å². The molecule has 0 aliphatic rings. The highest BCUT2D eigenvalue weighted by molar-refractivity contribution is 9.10. The quantitative estimate of drug-likeness (QED) is 0.653. The highest BCUT2D eigenvalue weighted by atomic mass is 79.9. The lowest BCUT2D eigenvalue weighted by molar-refractivity contribution is 0.726. The third-order valence-corrected chi connectivity index (χ3v) is 4.52. The molecule has 0 N–H and O–H groups in total. The number of benzene rings is 1. The largest absolute Gasteiger partial charge is 0.281 e. The summed E-state index contributed by atoms with van der Waals surface area (Å²) in [7, 11) is 0. The van der Waals surface area contributed by atoms with Crippen LogP contribution in [0, 0.1) is 0 Å². The molecule has 19 heavy (non-hydrogen) atoms. The Morgan fingerprint density at radius 3 is 2.74 bits per heavy atom. The van der Waals surface area contributed by atoms with E-state index in [4.69, 9.17) is 11.6 Å². The molecule has 6 heteroatoms. The predicted molar refractivity (Wildman–Crippen MR) is 82.1 cm³/mol. The second kappa shape index (κ2) is 5.07. The lowest BCUT2D eigenvalue weighted by atomic mass is 10.2. The van der Waals surface area contributed by atoms with Gasteiger partial charge < -0.3 is 0 Å². The van der Waals surface area contributed by atoms with Crippen LogP contribution in [0.1, 0.15) is 5.56 Å². The van der Waals surface area contributed by atoms with Crippen molar-refractivity contribution in [3.8, 4) is 0 Å². The number of hydrogen-bond acceptors (Lipinski definition) is 3. The van der Waals surface area contributed by atoms with Crippen LogP contribution in [0.5, 0.6) is 0 Å². The summed E-state index contributed by atoms with van der Waals surface area (Å²) >= 11 is 10.6. The smallest absolute Gasteiger partial charge is 0.272 e. The molecule has 0 saturated heterocycles. The van der Waals surface area contributed by atoms with Crippen molar-refractivity contribution < 1.29 is 0 Å². The fraction of sp³-hybridized carbons (Fsp3) is 0.0769. The fourth-order valence-electron chi connectivity index (χ4n) is 1.83. The molecule has 0 radical (unpaired) electrons. The molecule has 0 amide bonds. The van der Waals surface area contributed by atoms with Gasteiger partial charge in [-0.3, -0.25) is 9.36 Å². The van der Waals surface area contributed by atoms with E-state index < -0.39 is 0 Å². The second-order valence-electron chi connectivity index (χ2n) is 4.03. The summed E-state index contributed by atoms with van der Waals surface area (Å²) in [6, 6.07) is 9.28. The van der Waals surface area contributed by atoms with Crippen LogP contribution in [0.15, 0.2) is 45.2 Å². The maximum absolute atomic E-state index is 12.4. The van der Waals surface area contributed by atoms with Crippen LogP contribution >= 0.6 is 38.9 Å². The highest BCUT2D eigenvalue weighted by Crippen LogP contribution is 2.18. The van der Waals surface area contributed by atoms with Gasteiger partial charge in [-0.1, -0.05) is 23.7 Å². The highest BCUT2D eigenvalue weighted by Gasteiger charge is 2.10. The molecule has 0 fully saturated rings. The Kier molecular flexibility index (Phi) is 3.43. The van der Waals surface area contributed by atoms with Gasteiger partial charge in [0, 0.05) is 5.02 Å². The minimum Gasteiger partial charge on any atom is -0.281 e. The molecule has 2 aromatic heterocycles. The van der Waals surface area contributed by atoms with Gasteiger partial charge in [-0.2, -0.15) is 0 Å².